The highest BCUT2D eigenvalue weighted by Gasteiger charge is 2.44. The first kappa shape index (κ1) is 19.5. The first-order chi connectivity index (χ1) is 12.1. The van der Waals surface area contributed by atoms with Crippen LogP contribution in [0.5, 0.6) is 0 Å². The van der Waals surface area contributed by atoms with Crippen LogP contribution in [0.15, 0.2) is 12.1 Å². The SMILES string of the molecule is CCCS(=O)(=O)N1CCC2NNC(c3ccc(C(F)(F)F)nc3C)C2C1. The normalized spacial score (nSPS) is 27.5. The van der Waals surface area contributed by atoms with Crippen LogP contribution >= 0.6 is 0 Å². The lowest BCUT2D eigenvalue weighted by Gasteiger charge is -2.35. The van der Waals surface area contributed by atoms with E-state index in [0.29, 0.717) is 37.2 Å². The Labute approximate surface area is 151 Å². The molecule has 10 heteroatoms. The molecule has 0 spiro atoms. The Kier molecular flexibility index (Phi) is 5.31. The third-order valence-corrected chi connectivity index (χ3v) is 7.12. The van der Waals surface area contributed by atoms with Gasteiger partial charge in [0.25, 0.3) is 0 Å². The number of piperidine rings is 1. The fraction of sp³-hybridized carbons (Fsp3) is 0.688. The first-order valence-corrected chi connectivity index (χ1v) is 10.3. The molecule has 6 nitrogen and oxygen atoms in total. The molecule has 0 aromatic carbocycles. The number of hydrogen-bond donors (Lipinski definition) is 2. The molecule has 146 valence electrons. The van der Waals surface area contributed by atoms with Gasteiger partial charge in [0.15, 0.2) is 0 Å². The molecule has 3 rings (SSSR count). The van der Waals surface area contributed by atoms with Crippen molar-refractivity contribution in [1.82, 2.24) is 20.1 Å². The van der Waals surface area contributed by atoms with Gasteiger partial charge in [-0.15, -0.1) is 0 Å². The number of nitrogens with one attached hydrogen (secondary N) is 2. The number of nitrogens with zero attached hydrogens (tertiary/aromatic N) is 2. The van der Waals surface area contributed by atoms with Crippen LogP contribution in [0.2, 0.25) is 0 Å². The molecule has 3 atom stereocenters. The molecule has 26 heavy (non-hydrogen) atoms. The van der Waals surface area contributed by atoms with Crippen molar-refractivity contribution in [2.24, 2.45) is 5.92 Å². The molecule has 0 radical (unpaired) electrons. The quantitative estimate of drug-likeness (QED) is 0.820. The van der Waals surface area contributed by atoms with Crippen molar-refractivity contribution in [2.45, 2.75) is 44.9 Å². The maximum Gasteiger partial charge on any atom is 0.433 e. The molecule has 2 aliphatic heterocycles. The van der Waals surface area contributed by atoms with E-state index in [1.54, 1.807) is 6.92 Å². The number of rotatable bonds is 4. The lowest BCUT2D eigenvalue weighted by atomic mass is 9.85. The molecule has 3 unspecified atom stereocenters. The molecule has 2 aliphatic rings. The lowest BCUT2D eigenvalue weighted by Crippen LogP contribution is -2.48. The summed E-state index contributed by atoms with van der Waals surface area (Å²) in [5.41, 5.74) is 6.33. The maximum absolute atomic E-state index is 12.8. The van der Waals surface area contributed by atoms with Crippen molar-refractivity contribution in [3.8, 4) is 0 Å². The Bertz CT molecular complexity index is 769. The van der Waals surface area contributed by atoms with E-state index in [2.05, 4.69) is 15.8 Å². The first-order valence-electron chi connectivity index (χ1n) is 8.67. The summed E-state index contributed by atoms with van der Waals surface area (Å²) in [6.07, 6.45) is -3.28. The number of aryl methyl sites for hydroxylation is 1. The fourth-order valence-corrected chi connectivity index (χ4v) is 5.34. The Balaban J connectivity index is 1.84. The van der Waals surface area contributed by atoms with Crippen molar-refractivity contribution in [3.05, 3.63) is 29.1 Å². The van der Waals surface area contributed by atoms with Gasteiger partial charge in [-0.25, -0.2) is 23.1 Å². The van der Waals surface area contributed by atoms with Crippen molar-refractivity contribution < 1.29 is 21.6 Å². The van der Waals surface area contributed by atoms with Crippen LogP contribution < -0.4 is 10.9 Å². The molecule has 2 saturated heterocycles. The van der Waals surface area contributed by atoms with Crippen LogP contribution in [0.25, 0.3) is 0 Å². The average Bonchev–Trinajstić information content (AvgIpc) is 2.97. The summed E-state index contributed by atoms with van der Waals surface area (Å²) < 4.78 is 64.8. The second-order valence-corrected chi connectivity index (χ2v) is 8.96. The number of sulfonamides is 1. The van der Waals surface area contributed by atoms with Gasteiger partial charge in [-0.3, -0.25) is 5.43 Å². The van der Waals surface area contributed by atoms with Crippen LogP contribution in [0.4, 0.5) is 13.2 Å². The van der Waals surface area contributed by atoms with Gasteiger partial charge in [0.2, 0.25) is 10.0 Å². The molecule has 2 N–H and O–H groups in total. The number of hydrazine groups is 1. The van der Waals surface area contributed by atoms with Gasteiger partial charge in [-0.2, -0.15) is 13.2 Å². The van der Waals surface area contributed by atoms with Crippen molar-refractivity contribution in [2.75, 3.05) is 18.8 Å². The van der Waals surface area contributed by atoms with E-state index in [4.69, 9.17) is 0 Å². The van der Waals surface area contributed by atoms with E-state index in [1.807, 2.05) is 6.92 Å². The Morgan fingerprint density at radius 3 is 2.65 bits per heavy atom. The standard InChI is InChI=1S/C16H23F3N4O2S/c1-3-8-26(24,25)23-7-6-13-12(9-23)15(22-21-13)11-4-5-14(16(17,18)19)20-10(11)2/h4-5,12-13,15,21-22H,3,6-9H2,1-2H3. The topological polar surface area (TPSA) is 74.3 Å². The summed E-state index contributed by atoms with van der Waals surface area (Å²) in [7, 11) is -3.30. The van der Waals surface area contributed by atoms with Gasteiger partial charge in [0.05, 0.1) is 11.8 Å². The van der Waals surface area contributed by atoms with Crippen LogP contribution in [0, 0.1) is 12.8 Å². The van der Waals surface area contributed by atoms with Crippen LogP contribution in [-0.4, -0.2) is 42.6 Å². The van der Waals surface area contributed by atoms with E-state index in [1.165, 1.54) is 10.4 Å². The molecule has 2 fully saturated rings. The van der Waals surface area contributed by atoms with Gasteiger partial charge in [-0.1, -0.05) is 13.0 Å². The molecule has 0 amide bonds. The molecule has 1 aromatic rings. The minimum absolute atomic E-state index is 0.0624. The van der Waals surface area contributed by atoms with Crippen molar-refractivity contribution >= 4 is 10.0 Å². The van der Waals surface area contributed by atoms with Gasteiger partial charge >= 0.3 is 6.18 Å². The number of hydrogen-bond acceptors (Lipinski definition) is 5. The van der Waals surface area contributed by atoms with Gasteiger partial charge in [-0.05, 0) is 31.4 Å². The molecular formula is C16H23F3N4O2S. The smallest absolute Gasteiger partial charge is 0.254 e. The molecule has 0 saturated carbocycles. The maximum atomic E-state index is 12.8. The minimum atomic E-state index is -4.48. The number of halogens is 3. The van der Waals surface area contributed by atoms with Crippen LogP contribution in [-0.2, 0) is 16.2 Å². The van der Waals surface area contributed by atoms with Gasteiger partial charge in [0.1, 0.15) is 5.69 Å². The molecule has 1 aromatic heterocycles. The highest BCUT2D eigenvalue weighted by molar-refractivity contribution is 7.89. The highest BCUT2D eigenvalue weighted by Crippen LogP contribution is 2.37. The summed E-state index contributed by atoms with van der Waals surface area (Å²) >= 11 is 0. The average molecular weight is 392 g/mol. The molecular weight excluding hydrogens is 369 g/mol. The summed E-state index contributed by atoms with van der Waals surface area (Å²) in [6, 6.07) is 2.21. The van der Waals surface area contributed by atoms with E-state index < -0.39 is 21.9 Å². The zero-order valence-corrected chi connectivity index (χ0v) is 15.5. The highest BCUT2D eigenvalue weighted by atomic mass is 32.2. The molecule has 0 bridgehead atoms. The minimum Gasteiger partial charge on any atom is -0.254 e. The number of alkyl halides is 3. The summed E-state index contributed by atoms with van der Waals surface area (Å²) in [6.45, 7) is 4.17. The van der Waals surface area contributed by atoms with E-state index in [-0.39, 0.29) is 23.8 Å². The van der Waals surface area contributed by atoms with Crippen LogP contribution in [0.3, 0.4) is 0 Å². The van der Waals surface area contributed by atoms with E-state index in [0.717, 1.165) is 6.07 Å². The van der Waals surface area contributed by atoms with Gasteiger partial charge < -0.3 is 0 Å². The van der Waals surface area contributed by atoms with Crippen molar-refractivity contribution in [1.29, 1.82) is 0 Å². The second kappa shape index (κ2) is 7.06. The Hall–Kier alpha value is -1.23. The summed E-state index contributed by atoms with van der Waals surface area (Å²) in [5, 5.41) is 0. The Morgan fingerprint density at radius 1 is 1.31 bits per heavy atom. The van der Waals surface area contributed by atoms with E-state index >= 15 is 0 Å². The largest absolute Gasteiger partial charge is 0.433 e. The zero-order chi connectivity index (χ0) is 19.1. The third kappa shape index (κ3) is 3.73. The summed E-state index contributed by atoms with van der Waals surface area (Å²) in [4.78, 5) is 3.70. The van der Waals surface area contributed by atoms with Gasteiger partial charge in [0, 0.05) is 30.7 Å². The third-order valence-electron chi connectivity index (χ3n) is 5.08. The fourth-order valence-electron chi connectivity index (χ4n) is 3.78. The van der Waals surface area contributed by atoms with Crippen LogP contribution in [0.1, 0.15) is 42.8 Å². The molecule has 3 heterocycles. The molecule has 0 aliphatic carbocycles. The number of aromatic nitrogens is 1. The second-order valence-electron chi connectivity index (χ2n) is 6.87. The summed E-state index contributed by atoms with van der Waals surface area (Å²) in [5.74, 6) is 0.0455. The monoisotopic (exact) mass is 392 g/mol. The van der Waals surface area contributed by atoms with Crippen molar-refractivity contribution in [3.63, 3.8) is 0 Å². The predicted octanol–water partition coefficient (Wildman–Crippen LogP) is 1.99. The predicted molar refractivity (Wildman–Crippen MR) is 90.5 cm³/mol. The lowest BCUT2D eigenvalue weighted by molar-refractivity contribution is -0.141. The number of fused-ring (bicyclic) bond motifs is 1. The number of pyridine rings is 1. The van der Waals surface area contributed by atoms with E-state index in [9.17, 15) is 21.6 Å². The Morgan fingerprint density at radius 2 is 2.04 bits per heavy atom. The zero-order valence-electron chi connectivity index (χ0n) is 14.7.